The quantitative estimate of drug-likeness (QED) is 0.517. The molecule has 0 aromatic heterocycles. The fraction of sp³-hybridized carbons (Fsp3) is 0.150. The summed E-state index contributed by atoms with van der Waals surface area (Å²) in [7, 11) is 0. The molecule has 4 amide bonds. The number of carbonyl (C=O) groups excluding carboxylic acids is 3. The fourth-order valence-corrected chi connectivity index (χ4v) is 2.71. The minimum absolute atomic E-state index is 0.229. The van der Waals surface area contributed by atoms with Gasteiger partial charge in [0.25, 0.3) is 0 Å². The predicted molar refractivity (Wildman–Crippen MR) is 112 cm³/mol. The van der Waals surface area contributed by atoms with E-state index in [1.54, 1.807) is 36.4 Å². The fourth-order valence-electron chi connectivity index (χ4n) is 2.24. The van der Waals surface area contributed by atoms with Crippen molar-refractivity contribution >= 4 is 45.2 Å². The summed E-state index contributed by atoms with van der Waals surface area (Å²) in [6.07, 6.45) is 5.31. The molecule has 0 bridgehead atoms. The van der Waals surface area contributed by atoms with Crippen LogP contribution in [-0.4, -0.2) is 30.9 Å². The van der Waals surface area contributed by atoms with Gasteiger partial charge in [-0.3, -0.25) is 9.59 Å². The van der Waals surface area contributed by atoms with Crippen LogP contribution < -0.4 is 21.3 Å². The molecule has 2 aromatic rings. The molecule has 28 heavy (non-hydrogen) atoms. The van der Waals surface area contributed by atoms with E-state index >= 15 is 0 Å². The molecular weight excluding hydrogens is 424 g/mol. The number of hydrogen-bond donors (Lipinski definition) is 4. The average molecular weight is 443 g/mol. The van der Waals surface area contributed by atoms with Crippen molar-refractivity contribution in [2.45, 2.75) is 6.92 Å². The van der Waals surface area contributed by atoms with Gasteiger partial charge in [0.2, 0.25) is 11.8 Å². The maximum absolute atomic E-state index is 11.9. The van der Waals surface area contributed by atoms with Crippen LogP contribution >= 0.6 is 15.9 Å². The van der Waals surface area contributed by atoms with E-state index in [1.165, 1.54) is 0 Å². The van der Waals surface area contributed by atoms with Gasteiger partial charge in [-0.05, 0) is 48.9 Å². The molecule has 144 valence electrons. The van der Waals surface area contributed by atoms with Crippen molar-refractivity contribution in [1.29, 1.82) is 0 Å². The topological polar surface area (TPSA) is 99.3 Å². The summed E-state index contributed by atoms with van der Waals surface area (Å²) in [5, 5.41) is 10.1. The van der Waals surface area contributed by atoms with Gasteiger partial charge in [-0.1, -0.05) is 27.9 Å². The highest BCUT2D eigenvalue weighted by atomic mass is 79.9. The summed E-state index contributed by atoms with van der Waals surface area (Å²) >= 11 is 3.35. The first kappa shape index (κ1) is 21.0. The number of amides is 4. The van der Waals surface area contributed by atoms with E-state index in [2.05, 4.69) is 43.1 Å². The van der Waals surface area contributed by atoms with Gasteiger partial charge < -0.3 is 21.3 Å². The van der Waals surface area contributed by atoms with Crippen LogP contribution in [0.15, 0.2) is 46.9 Å². The molecule has 0 spiro atoms. The zero-order valence-electron chi connectivity index (χ0n) is 15.1. The van der Waals surface area contributed by atoms with Crippen LogP contribution in [0.3, 0.4) is 0 Å². The van der Waals surface area contributed by atoms with Crippen molar-refractivity contribution in [3.05, 3.63) is 58.1 Å². The van der Waals surface area contributed by atoms with E-state index < -0.39 is 11.9 Å². The monoisotopic (exact) mass is 442 g/mol. The molecule has 0 fully saturated rings. The van der Waals surface area contributed by atoms with Crippen molar-refractivity contribution in [3.63, 3.8) is 0 Å². The van der Waals surface area contributed by atoms with E-state index in [9.17, 15) is 14.4 Å². The van der Waals surface area contributed by atoms with Crippen molar-refractivity contribution in [2.75, 3.05) is 23.7 Å². The highest BCUT2D eigenvalue weighted by molar-refractivity contribution is 9.10. The Labute approximate surface area is 171 Å². The Kier molecular flexibility index (Phi) is 7.60. The number of halogens is 1. The van der Waals surface area contributed by atoms with Gasteiger partial charge in [0.1, 0.15) is 0 Å². The Morgan fingerprint density at radius 3 is 2.32 bits per heavy atom. The maximum atomic E-state index is 11.9. The van der Waals surface area contributed by atoms with Crippen molar-refractivity contribution in [3.8, 4) is 12.3 Å². The third-order valence-corrected chi connectivity index (χ3v) is 4.09. The van der Waals surface area contributed by atoms with E-state index in [4.69, 9.17) is 6.42 Å². The summed E-state index contributed by atoms with van der Waals surface area (Å²) in [4.78, 5) is 35.6. The van der Waals surface area contributed by atoms with Gasteiger partial charge in [0.15, 0.2) is 0 Å². The van der Waals surface area contributed by atoms with E-state index in [0.717, 1.165) is 10.0 Å². The maximum Gasteiger partial charge on any atom is 0.315 e. The van der Waals surface area contributed by atoms with Gasteiger partial charge in [0.05, 0.1) is 13.1 Å². The Balaban J connectivity index is 1.72. The zero-order valence-corrected chi connectivity index (χ0v) is 16.7. The molecule has 2 rings (SSSR count). The summed E-state index contributed by atoms with van der Waals surface area (Å²) in [6.45, 7) is 1.38. The van der Waals surface area contributed by atoms with Crippen LogP contribution in [0.25, 0.3) is 0 Å². The summed E-state index contributed by atoms with van der Waals surface area (Å²) in [6, 6.07) is 11.6. The first-order valence-corrected chi connectivity index (χ1v) is 9.11. The van der Waals surface area contributed by atoms with Gasteiger partial charge in [-0.25, -0.2) is 4.79 Å². The molecule has 7 nitrogen and oxygen atoms in total. The molecule has 4 N–H and O–H groups in total. The molecule has 0 saturated heterocycles. The summed E-state index contributed by atoms with van der Waals surface area (Å²) in [5.74, 6) is 1.67. The Morgan fingerprint density at radius 1 is 1.00 bits per heavy atom. The second-order valence-electron chi connectivity index (χ2n) is 5.82. The van der Waals surface area contributed by atoms with Crippen LogP contribution in [0.1, 0.15) is 11.1 Å². The third kappa shape index (κ3) is 6.78. The molecule has 0 aliphatic rings. The molecule has 0 heterocycles. The van der Waals surface area contributed by atoms with Crippen LogP contribution in [0.5, 0.6) is 0 Å². The number of carbonyl (C=O) groups is 3. The minimum atomic E-state index is -0.629. The van der Waals surface area contributed by atoms with E-state index in [-0.39, 0.29) is 19.0 Å². The molecule has 0 saturated carbocycles. The van der Waals surface area contributed by atoms with Crippen LogP contribution in [0.4, 0.5) is 16.2 Å². The highest BCUT2D eigenvalue weighted by Gasteiger charge is 2.09. The molecule has 0 aliphatic heterocycles. The normalized spacial score (nSPS) is 9.75. The Morgan fingerprint density at radius 2 is 1.68 bits per heavy atom. The van der Waals surface area contributed by atoms with Crippen molar-refractivity contribution < 1.29 is 14.4 Å². The first-order chi connectivity index (χ1) is 13.4. The molecule has 0 aliphatic carbocycles. The SMILES string of the molecule is C#Cc1cccc(NC(=O)CNC(=O)NCC(=O)Nc2ccc(Br)cc2C)c1. The Hall–Kier alpha value is -3.31. The number of hydrogen-bond acceptors (Lipinski definition) is 3. The number of terminal acetylenes is 1. The standard InChI is InChI=1S/C20H19BrN4O3/c1-3-14-5-4-6-16(10-14)24-18(26)11-22-20(28)23-12-19(27)25-17-8-7-15(21)9-13(17)2/h1,4-10H,11-12H2,2H3,(H,24,26)(H,25,27)(H2,22,23,28). The van der Waals surface area contributed by atoms with Gasteiger partial charge in [0, 0.05) is 21.4 Å². The average Bonchev–Trinajstić information content (AvgIpc) is 2.67. The molecule has 0 atom stereocenters. The van der Waals surface area contributed by atoms with Gasteiger partial charge in [-0.2, -0.15) is 0 Å². The van der Waals surface area contributed by atoms with Gasteiger partial charge >= 0.3 is 6.03 Å². The van der Waals surface area contributed by atoms with Crippen molar-refractivity contribution in [1.82, 2.24) is 10.6 Å². The lowest BCUT2D eigenvalue weighted by molar-refractivity contribution is -0.115. The number of rotatable bonds is 6. The Bertz CT molecular complexity index is 937. The summed E-state index contributed by atoms with van der Waals surface area (Å²) in [5.41, 5.74) is 2.71. The predicted octanol–water partition coefficient (Wildman–Crippen LogP) is 2.62. The van der Waals surface area contributed by atoms with E-state index in [1.807, 2.05) is 13.0 Å². The second kappa shape index (κ2) is 10.1. The van der Waals surface area contributed by atoms with Gasteiger partial charge in [-0.15, -0.1) is 6.42 Å². The van der Waals surface area contributed by atoms with Crippen LogP contribution in [-0.2, 0) is 9.59 Å². The molecule has 0 radical (unpaired) electrons. The number of urea groups is 1. The number of benzene rings is 2. The second-order valence-corrected chi connectivity index (χ2v) is 6.73. The number of nitrogens with one attached hydrogen (secondary N) is 4. The molecule has 8 heteroatoms. The van der Waals surface area contributed by atoms with Crippen LogP contribution in [0.2, 0.25) is 0 Å². The first-order valence-electron chi connectivity index (χ1n) is 8.31. The lowest BCUT2D eigenvalue weighted by atomic mass is 10.2. The smallest absolute Gasteiger partial charge is 0.315 e. The highest BCUT2D eigenvalue weighted by Crippen LogP contribution is 2.19. The lowest BCUT2D eigenvalue weighted by Crippen LogP contribution is -2.43. The molecule has 0 unspecified atom stereocenters. The third-order valence-electron chi connectivity index (χ3n) is 3.59. The van der Waals surface area contributed by atoms with E-state index in [0.29, 0.717) is 16.9 Å². The molecular formula is C20H19BrN4O3. The summed E-state index contributed by atoms with van der Waals surface area (Å²) < 4.78 is 0.907. The minimum Gasteiger partial charge on any atom is -0.329 e. The van der Waals surface area contributed by atoms with Crippen molar-refractivity contribution in [2.24, 2.45) is 0 Å². The largest absolute Gasteiger partial charge is 0.329 e. The number of anilines is 2. The van der Waals surface area contributed by atoms with Crippen LogP contribution in [0, 0.1) is 19.3 Å². The molecule has 2 aromatic carbocycles. The lowest BCUT2D eigenvalue weighted by Gasteiger charge is -2.10. The number of aryl methyl sites for hydroxylation is 1. The zero-order chi connectivity index (χ0) is 20.5.